The number of aliphatic hydroxyl groups is 1. The fourth-order valence-corrected chi connectivity index (χ4v) is 2.51. The zero-order chi connectivity index (χ0) is 10.4. The largest absolute Gasteiger partial charge is 0.390 e. The van der Waals surface area contributed by atoms with Gasteiger partial charge >= 0.3 is 0 Å². The highest BCUT2D eigenvalue weighted by molar-refractivity contribution is 14.1. The number of hydrogen-bond acceptors (Lipinski definition) is 1. The summed E-state index contributed by atoms with van der Waals surface area (Å²) in [6.45, 7) is 3.83. The van der Waals surface area contributed by atoms with Gasteiger partial charge in [-0.1, -0.05) is 12.1 Å². The predicted molar refractivity (Wildman–Crippen MR) is 66.4 cm³/mol. The van der Waals surface area contributed by atoms with E-state index in [2.05, 4.69) is 46.9 Å². The van der Waals surface area contributed by atoms with E-state index in [9.17, 15) is 5.11 Å². The fourth-order valence-electron chi connectivity index (χ4n) is 2.15. The van der Waals surface area contributed by atoms with E-state index in [0.29, 0.717) is 0 Å². The Morgan fingerprint density at radius 3 is 2.07 bits per heavy atom. The van der Waals surface area contributed by atoms with Gasteiger partial charge in [0, 0.05) is 8.99 Å². The summed E-state index contributed by atoms with van der Waals surface area (Å²) in [6.07, 6.45) is 2.22. The standard InChI is InChI=1S/C12H15IO/c1-11(2,14)12(7-8-12)9-3-5-10(13)6-4-9/h3-6,14H,7-8H2,1-2H3. The van der Waals surface area contributed by atoms with Gasteiger partial charge in [-0.2, -0.15) is 0 Å². The average Bonchev–Trinajstić information content (AvgIpc) is 2.84. The number of benzene rings is 1. The van der Waals surface area contributed by atoms with Gasteiger partial charge < -0.3 is 5.11 Å². The lowest BCUT2D eigenvalue weighted by Gasteiger charge is -2.29. The quantitative estimate of drug-likeness (QED) is 0.832. The Hall–Kier alpha value is -0.0900. The molecule has 0 bridgehead atoms. The Kier molecular flexibility index (Phi) is 2.39. The number of rotatable bonds is 2. The maximum atomic E-state index is 10.1. The molecule has 1 aliphatic rings. The van der Waals surface area contributed by atoms with Crippen molar-refractivity contribution >= 4 is 22.6 Å². The van der Waals surface area contributed by atoms with Crippen molar-refractivity contribution < 1.29 is 5.11 Å². The Balaban J connectivity index is 2.36. The van der Waals surface area contributed by atoms with E-state index in [1.165, 1.54) is 9.13 Å². The SMILES string of the molecule is CC(C)(O)C1(c2ccc(I)cc2)CC1. The molecule has 0 amide bonds. The van der Waals surface area contributed by atoms with Gasteiger partial charge in [0.1, 0.15) is 0 Å². The molecule has 2 heteroatoms. The van der Waals surface area contributed by atoms with Crippen LogP contribution in [0.3, 0.4) is 0 Å². The monoisotopic (exact) mass is 302 g/mol. The van der Waals surface area contributed by atoms with E-state index in [1.807, 2.05) is 13.8 Å². The Morgan fingerprint density at radius 1 is 1.21 bits per heavy atom. The van der Waals surface area contributed by atoms with Crippen molar-refractivity contribution in [1.82, 2.24) is 0 Å². The maximum absolute atomic E-state index is 10.1. The van der Waals surface area contributed by atoms with E-state index in [1.54, 1.807) is 0 Å². The third-order valence-corrected chi connectivity index (χ3v) is 4.04. The molecule has 1 nitrogen and oxygen atoms in total. The molecule has 0 aromatic heterocycles. The molecule has 0 heterocycles. The lowest BCUT2D eigenvalue weighted by atomic mass is 9.81. The van der Waals surface area contributed by atoms with Crippen LogP contribution in [0.1, 0.15) is 32.3 Å². The molecule has 0 atom stereocenters. The highest BCUT2D eigenvalue weighted by Crippen LogP contribution is 2.55. The summed E-state index contributed by atoms with van der Waals surface area (Å²) in [5.74, 6) is 0. The van der Waals surface area contributed by atoms with Crippen LogP contribution in [-0.4, -0.2) is 10.7 Å². The fraction of sp³-hybridized carbons (Fsp3) is 0.500. The molecule has 0 radical (unpaired) electrons. The Labute approximate surface area is 98.7 Å². The van der Waals surface area contributed by atoms with Crippen molar-refractivity contribution in [3.05, 3.63) is 33.4 Å². The second-order valence-electron chi connectivity index (χ2n) is 4.65. The third-order valence-electron chi connectivity index (χ3n) is 3.32. The van der Waals surface area contributed by atoms with Gasteiger partial charge in [0.2, 0.25) is 0 Å². The zero-order valence-corrected chi connectivity index (χ0v) is 10.7. The topological polar surface area (TPSA) is 20.2 Å². The van der Waals surface area contributed by atoms with Gasteiger partial charge in [-0.05, 0) is 67.0 Å². The van der Waals surface area contributed by atoms with Gasteiger partial charge in [0.15, 0.2) is 0 Å². The van der Waals surface area contributed by atoms with Gasteiger partial charge in [0.25, 0.3) is 0 Å². The van der Waals surface area contributed by atoms with Crippen molar-refractivity contribution in [2.45, 2.75) is 37.7 Å². The lowest BCUT2D eigenvalue weighted by Crippen LogP contribution is -2.35. The van der Waals surface area contributed by atoms with Crippen LogP contribution in [0.2, 0.25) is 0 Å². The molecule has 0 aliphatic heterocycles. The first-order valence-electron chi connectivity index (χ1n) is 4.94. The van der Waals surface area contributed by atoms with Crippen molar-refractivity contribution in [3.63, 3.8) is 0 Å². The van der Waals surface area contributed by atoms with Crippen LogP contribution in [0.5, 0.6) is 0 Å². The highest BCUT2D eigenvalue weighted by Gasteiger charge is 2.54. The summed E-state index contributed by atoms with van der Waals surface area (Å²) >= 11 is 2.30. The lowest BCUT2D eigenvalue weighted by molar-refractivity contribution is 0.0381. The molecule has 0 spiro atoms. The molecular weight excluding hydrogens is 287 g/mol. The second-order valence-corrected chi connectivity index (χ2v) is 5.89. The predicted octanol–water partition coefficient (Wildman–Crippen LogP) is 3.09. The summed E-state index contributed by atoms with van der Waals surface area (Å²) in [6, 6.07) is 8.52. The average molecular weight is 302 g/mol. The van der Waals surface area contributed by atoms with E-state index in [0.717, 1.165) is 12.8 Å². The van der Waals surface area contributed by atoms with E-state index >= 15 is 0 Å². The van der Waals surface area contributed by atoms with Crippen LogP contribution in [0.15, 0.2) is 24.3 Å². The Bertz CT molecular complexity index is 330. The van der Waals surface area contributed by atoms with Crippen LogP contribution in [0.25, 0.3) is 0 Å². The summed E-state index contributed by atoms with van der Waals surface area (Å²) in [5.41, 5.74) is 0.711. The molecule has 1 aromatic carbocycles. The summed E-state index contributed by atoms with van der Waals surface area (Å²) in [7, 11) is 0. The van der Waals surface area contributed by atoms with Crippen LogP contribution in [-0.2, 0) is 5.41 Å². The summed E-state index contributed by atoms with van der Waals surface area (Å²) in [4.78, 5) is 0. The van der Waals surface area contributed by atoms with Crippen LogP contribution in [0.4, 0.5) is 0 Å². The molecule has 76 valence electrons. The van der Waals surface area contributed by atoms with Gasteiger partial charge in [-0.25, -0.2) is 0 Å². The van der Waals surface area contributed by atoms with Gasteiger partial charge in [-0.15, -0.1) is 0 Å². The molecule has 2 rings (SSSR count). The highest BCUT2D eigenvalue weighted by atomic mass is 127. The Morgan fingerprint density at radius 2 is 1.71 bits per heavy atom. The van der Waals surface area contributed by atoms with Crippen LogP contribution >= 0.6 is 22.6 Å². The summed E-state index contributed by atoms with van der Waals surface area (Å²) < 4.78 is 1.25. The molecule has 14 heavy (non-hydrogen) atoms. The molecule has 1 aromatic rings. The van der Waals surface area contributed by atoms with Crippen molar-refractivity contribution in [3.8, 4) is 0 Å². The molecule has 1 saturated carbocycles. The summed E-state index contributed by atoms with van der Waals surface area (Å²) in [5, 5.41) is 10.1. The second kappa shape index (κ2) is 3.20. The first-order chi connectivity index (χ1) is 6.46. The minimum Gasteiger partial charge on any atom is -0.390 e. The van der Waals surface area contributed by atoms with Crippen molar-refractivity contribution in [2.75, 3.05) is 0 Å². The molecule has 0 unspecified atom stereocenters. The van der Waals surface area contributed by atoms with Gasteiger partial charge in [0.05, 0.1) is 5.60 Å². The molecular formula is C12H15IO. The van der Waals surface area contributed by atoms with Crippen LogP contribution in [0, 0.1) is 3.57 Å². The molecule has 0 saturated heterocycles. The zero-order valence-electron chi connectivity index (χ0n) is 8.55. The number of hydrogen-bond donors (Lipinski definition) is 1. The van der Waals surface area contributed by atoms with Crippen molar-refractivity contribution in [2.24, 2.45) is 0 Å². The van der Waals surface area contributed by atoms with E-state index in [4.69, 9.17) is 0 Å². The molecule has 1 aliphatic carbocycles. The first kappa shape index (κ1) is 10.4. The molecule has 1 fully saturated rings. The maximum Gasteiger partial charge on any atom is 0.0687 e. The molecule has 1 N–H and O–H groups in total. The van der Waals surface area contributed by atoms with Crippen LogP contribution < -0.4 is 0 Å². The normalized spacial score (nSPS) is 19.4. The minimum absolute atomic E-state index is 0.0251. The first-order valence-corrected chi connectivity index (χ1v) is 6.02. The van der Waals surface area contributed by atoms with Gasteiger partial charge in [-0.3, -0.25) is 0 Å². The minimum atomic E-state index is -0.597. The smallest absolute Gasteiger partial charge is 0.0687 e. The van der Waals surface area contributed by atoms with E-state index < -0.39 is 5.60 Å². The van der Waals surface area contributed by atoms with Crippen molar-refractivity contribution in [1.29, 1.82) is 0 Å². The van der Waals surface area contributed by atoms with E-state index in [-0.39, 0.29) is 5.41 Å². The number of halogens is 1. The third kappa shape index (κ3) is 1.58.